The molecular weight excluding hydrogens is 297 g/mol. The van der Waals surface area contributed by atoms with Crippen LogP contribution in [0.1, 0.15) is 15.9 Å². The third-order valence-corrected chi connectivity index (χ3v) is 3.13. The topological polar surface area (TPSA) is 50.1 Å². The van der Waals surface area contributed by atoms with Gasteiger partial charge in [0.1, 0.15) is 5.75 Å². The van der Waals surface area contributed by atoms with E-state index in [0.717, 1.165) is 0 Å². The first-order chi connectivity index (χ1) is 9.60. The Morgan fingerprint density at radius 2 is 1.85 bits per heavy atom. The molecule has 20 heavy (non-hydrogen) atoms. The number of hydrogen-bond acceptors (Lipinski definition) is 3. The van der Waals surface area contributed by atoms with Crippen molar-refractivity contribution >= 4 is 29.0 Å². The lowest BCUT2D eigenvalue weighted by molar-refractivity contribution is 0.0921. The summed E-state index contributed by atoms with van der Waals surface area (Å²) in [5.74, 6) is 0.190. The fraction of sp³-hybridized carbons (Fsp3) is 0.0667. The summed E-state index contributed by atoms with van der Waals surface area (Å²) >= 11 is 11.7. The van der Waals surface area contributed by atoms with E-state index in [9.17, 15) is 4.79 Å². The Bertz CT molecular complexity index is 675. The Labute approximate surface area is 126 Å². The first-order valence-corrected chi connectivity index (χ1v) is 6.47. The number of nitrogens with zero attached hydrogens (tertiary/aromatic N) is 1. The van der Waals surface area contributed by atoms with Gasteiger partial charge in [-0.3, -0.25) is 4.79 Å². The van der Waals surface area contributed by atoms with Crippen LogP contribution in [-0.4, -0.2) is 12.4 Å². The van der Waals surface area contributed by atoms with Crippen LogP contribution in [0.5, 0.6) is 5.75 Å². The van der Waals surface area contributed by atoms with Crippen molar-refractivity contribution in [2.75, 3.05) is 6.61 Å². The highest BCUT2D eigenvalue weighted by Crippen LogP contribution is 2.25. The van der Waals surface area contributed by atoms with E-state index in [1.165, 1.54) is 6.07 Å². The summed E-state index contributed by atoms with van der Waals surface area (Å²) in [5, 5.41) is 9.59. The number of nitriles is 1. The Morgan fingerprint density at radius 1 is 1.15 bits per heavy atom. The van der Waals surface area contributed by atoms with Crippen molar-refractivity contribution in [3.05, 3.63) is 63.6 Å². The summed E-state index contributed by atoms with van der Waals surface area (Å²) in [6.07, 6.45) is 0. The maximum atomic E-state index is 11.9. The zero-order valence-corrected chi connectivity index (χ0v) is 11.8. The van der Waals surface area contributed by atoms with Crippen molar-refractivity contribution in [3.63, 3.8) is 0 Å². The third-order valence-electron chi connectivity index (χ3n) is 2.59. The summed E-state index contributed by atoms with van der Waals surface area (Å²) in [7, 11) is 0. The molecule has 0 radical (unpaired) electrons. The van der Waals surface area contributed by atoms with Crippen LogP contribution in [0.15, 0.2) is 42.5 Å². The second-order valence-corrected chi connectivity index (χ2v) is 4.82. The molecule has 0 fully saturated rings. The highest BCUT2D eigenvalue weighted by molar-refractivity contribution is 6.32. The molecule has 5 heteroatoms. The standard InChI is InChI=1S/C15H9Cl2NO2/c16-12-4-2-11(3-5-12)14(19)9-20-15-6-1-10(8-18)7-13(15)17/h1-7H,9H2. The molecule has 0 aromatic heterocycles. The summed E-state index contributed by atoms with van der Waals surface area (Å²) in [6.45, 7) is -0.132. The number of carbonyl (C=O) groups excluding carboxylic acids is 1. The predicted molar refractivity (Wildman–Crippen MR) is 77.4 cm³/mol. The van der Waals surface area contributed by atoms with Gasteiger partial charge in [-0.2, -0.15) is 5.26 Å². The molecule has 0 heterocycles. The third kappa shape index (κ3) is 3.51. The molecule has 0 atom stereocenters. The number of ether oxygens (including phenoxy) is 1. The van der Waals surface area contributed by atoms with E-state index in [2.05, 4.69) is 0 Å². The lowest BCUT2D eigenvalue weighted by Crippen LogP contribution is -2.11. The van der Waals surface area contributed by atoms with Crippen LogP contribution in [0.3, 0.4) is 0 Å². The maximum absolute atomic E-state index is 11.9. The lowest BCUT2D eigenvalue weighted by Gasteiger charge is -2.07. The van der Waals surface area contributed by atoms with Gasteiger partial charge in [0.2, 0.25) is 0 Å². The number of halogens is 2. The van der Waals surface area contributed by atoms with E-state index in [-0.39, 0.29) is 12.4 Å². The fourth-order valence-electron chi connectivity index (χ4n) is 1.55. The maximum Gasteiger partial charge on any atom is 0.200 e. The Morgan fingerprint density at radius 3 is 2.45 bits per heavy atom. The number of carbonyl (C=O) groups is 1. The van der Waals surface area contributed by atoms with E-state index in [0.29, 0.717) is 26.9 Å². The van der Waals surface area contributed by atoms with Crippen LogP contribution >= 0.6 is 23.2 Å². The molecule has 3 nitrogen and oxygen atoms in total. The van der Waals surface area contributed by atoms with Crippen LogP contribution in [0.4, 0.5) is 0 Å². The molecule has 0 N–H and O–H groups in total. The van der Waals surface area contributed by atoms with Crippen LogP contribution in [0.25, 0.3) is 0 Å². The molecule has 0 aliphatic heterocycles. The van der Waals surface area contributed by atoms with E-state index in [1.54, 1.807) is 36.4 Å². The predicted octanol–water partition coefficient (Wildman–Crippen LogP) is 4.13. The Kier molecular flexibility index (Phi) is 4.62. The van der Waals surface area contributed by atoms with Gasteiger partial charge in [-0.15, -0.1) is 0 Å². The van der Waals surface area contributed by atoms with E-state index in [4.69, 9.17) is 33.2 Å². The highest BCUT2D eigenvalue weighted by atomic mass is 35.5. The van der Waals surface area contributed by atoms with Crippen LogP contribution < -0.4 is 4.74 Å². The summed E-state index contributed by atoms with van der Waals surface area (Å²) < 4.78 is 5.36. The lowest BCUT2D eigenvalue weighted by atomic mass is 10.1. The summed E-state index contributed by atoms with van der Waals surface area (Å²) in [4.78, 5) is 11.9. The minimum atomic E-state index is -0.179. The van der Waals surface area contributed by atoms with Crippen molar-refractivity contribution in [2.45, 2.75) is 0 Å². The molecule has 2 aromatic carbocycles. The number of benzene rings is 2. The summed E-state index contributed by atoms with van der Waals surface area (Å²) in [6, 6.07) is 13.2. The average molecular weight is 306 g/mol. The molecule has 0 saturated carbocycles. The molecular formula is C15H9Cl2NO2. The van der Waals surface area contributed by atoms with Gasteiger partial charge in [0.25, 0.3) is 0 Å². The van der Waals surface area contributed by atoms with Gasteiger partial charge in [0.15, 0.2) is 12.4 Å². The summed E-state index contributed by atoms with van der Waals surface area (Å²) in [5.41, 5.74) is 0.950. The van der Waals surface area contributed by atoms with Crippen LogP contribution in [-0.2, 0) is 0 Å². The quantitative estimate of drug-likeness (QED) is 0.798. The Hall–Kier alpha value is -2.02. The largest absolute Gasteiger partial charge is 0.484 e. The van der Waals surface area contributed by atoms with Crippen LogP contribution in [0.2, 0.25) is 10.0 Å². The number of ketones is 1. The molecule has 0 amide bonds. The molecule has 2 rings (SSSR count). The molecule has 0 aliphatic carbocycles. The molecule has 100 valence electrons. The fourth-order valence-corrected chi connectivity index (χ4v) is 1.91. The van der Waals surface area contributed by atoms with Gasteiger partial charge in [0.05, 0.1) is 16.7 Å². The first-order valence-electron chi connectivity index (χ1n) is 5.71. The van der Waals surface area contributed by atoms with E-state index >= 15 is 0 Å². The van der Waals surface area contributed by atoms with Crippen molar-refractivity contribution in [2.24, 2.45) is 0 Å². The van der Waals surface area contributed by atoms with Crippen LogP contribution in [0, 0.1) is 11.3 Å². The van der Waals surface area contributed by atoms with Gasteiger partial charge >= 0.3 is 0 Å². The van der Waals surface area contributed by atoms with Crippen molar-refractivity contribution in [1.29, 1.82) is 5.26 Å². The van der Waals surface area contributed by atoms with Crippen molar-refractivity contribution in [3.8, 4) is 11.8 Å². The molecule has 0 spiro atoms. The molecule has 0 bridgehead atoms. The zero-order valence-electron chi connectivity index (χ0n) is 10.3. The Balaban J connectivity index is 2.04. The van der Waals surface area contributed by atoms with E-state index < -0.39 is 0 Å². The molecule has 0 aliphatic rings. The minimum Gasteiger partial charge on any atom is -0.484 e. The van der Waals surface area contributed by atoms with Gasteiger partial charge < -0.3 is 4.74 Å². The SMILES string of the molecule is N#Cc1ccc(OCC(=O)c2ccc(Cl)cc2)c(Cl)c1. The van der Waals surface area contributed by atoms with Crippen molar-refractivity contribution in [1.82, 2.24) is 0 Å². The molecule has 2 aromatic rings. The highest BCUT2D eigenvalue weighted by Gasteiger charge is 2.09. The van der Waals surface area contributed by atoms with Crippen molar-refractivity contribution < 1.29 is 9.53 Å². The number of rotatable bonds is 4. The molecule has 0 saturated heterocycles. The van der Waals surface area contributed by atoms with Gasteiger partial charge in [-0.25, -0.2) is 0 Å². The van der Waals surface area contributed by atoms with Gasteiger partial charge in [0, 0.05) is 10.6 Å². The average Bonchev–Trinajstić information content (AvgIpc) is 2.46. The zero-order chi connectivity index (χ0) is 14.5. The second-order valence-electron chi connectivity index (χ2n) is 3.98. The van der Waals surface area contributed by atoms with Gasteiger partial charge in [-0.1, -0.05) is 23.2 Å². The second kappa shape index (κ2) is 6.42. The minimum absolute atomic E-state index is 0.132. The first kappa shape index (κ1) is 14.4. The smallest absolute Gasteiger partial charge is 0.200 e. The number of Topliss-reactive ketones (excluding diaryl/α,β-unsaturated/α-hetero) is 1. The molecule has 0 unspecified atom stereocenters. The van der Waals surface area contributed by atoms with Gasteiger partial charge in [-0.05, 0) is 42.5 Å². The number of hydrogen-bond donors (Lipinski definition) is 0. The van der Waals surface area contributed by atoms with E-state index in [1.807, 2.05) is 6.07 Å². The normalized spacial score (nSPS) is 9.85. The monoisotopic (exact) mass is 305 g/mol.